The van der Waals surface area contributed by atoms with E-state index in [2.05, 4.69) is 10.1 Å². The van der Waals surface area contributed by atoms with Crippen LogP contribution in [0.4, 0.5) is 0 Å². The van der Waals surface area contributed by atoms with Gasteiger partial charge in [0.15, 0.2) is 0 Å². The highest BCUT2D eigenvalue weighted by molar-refractivity contribution is 7.89. The fraction of sp³-hybridized carbons (Fsp3) is 0.300. The lowest BCUT2D eigenvalue weighted by molar-refractivity contribution is 0.214. The molecule has 1 aromatic heterocycles. The Kier molecular flexibility index (Phi) is 6.43. The van der Waals surface area contributed by atoms with Crippen LogP contribution in [0.2, 0.25) is 10.0 Å². The van der Waals surface area contributed by atoms with Crippen molar-refractivity contribution in [1.82, 2.24) is 14.4 Å². The first-order valence-corrected chi connectivity index (χ1v) is 11.2. The van der Waals surface area contributed by atoms with E-state index in [1.165, 1.54) is 23.5 Å². The summed E-state index contributed by atoms with van der Waals surface area (Å²) in [5.74, 6) is 0.689. The first kappa shape index (κ1) is 22.6. The maximum atomic E-state index is 13.5. The molecule has 7 nitrogen and oxygen atoms in total. The minimum atomic E-state index is -4.00. The van der Waals surface area contributed by atoms with Gasteiger partial charge in [0, 0.05) is 21.1 Å². The van der Waals surface area contributed by atoms with Crippen LogP contribution in [0.3, 0.4) is 0 Å². The fourth-order valence-corrected chi connectivity index (χ4v) is 5.09. The molecular weight excluding hydrogens is 449 g/mol. The number of ether oxygens (including phenoxy) is 1. The van der Waals surface area contributed by atoms with Gasteiger partial charge in [-0.2, -0.15) is 9.29 Å². The molecule has 10 heteroatoms. The zero-order chi connectivity index (χ0) is 22.1. The van der Waals surface area contributed by atoms with Gasteiger partial charge >= 0.3 is 0 Å². The molecule has 0 fully saturated rings. The number of aromatic nitrogens is 2. The minimum Gasteiger partial charge on any atom is -0.495 e. The van der Waals surface area contributed by atoms with Gasteiger partial charge in [-0.05, 0) is 63.2 Å². The number of methoxy groups -OCH3 is 1. The standard InChI is InChI=1S/C20H21Cl2N3O4S/c1-20(2,3)25(30(26,27)17-11-15(22)9-10-16(17)28-4)12-18-23-19(24-29-18)13-5-7-14(21)8-6-13/h5-11H,12H2,1-4H3. The molecule has 0 saturated heterocycles. The second-order valence-electron chi connectivity index (χ2n) is 7.50. The molecule has 160 valence electrons. The van der Waals surface area contributed by atoms with Crippen LogP contribution in [-0.4, -0.2) is 35.5 Å². The van der Waals surface area contributed by atoms with Gasteiger partial charge < -0.3 is 9.26 Å². The lowest BCUT2D eigenvalue weighted by Crippen LogP contribution is -2.45. The molecule has 0 spiro atoms. The Bertz CT molecular complexity index is 1140. The minimum absolute atomic E-state index is 0.0372. The predicted octanol–water partition coefficient (Wildman–Crippen LogP) is 5.04. The van der Waals surface area contributed by atoms with Gasteiger partial charge in [-0.25, -0.2) is 8.42 Å². The van der Waals surface area contributed by atoms with Gasteiger partial charge in [0.25, 0.3) is 0 Å². The quantitative estimate of drug-likeness (QED) is 0.502. The van der Waals surface area contributed by atoms with Crippen LogP contribution in [0.1, 0.15) is 26.7 Å². The maximum absolute atomic E-state index is 13.5. The first-order valence-electron chi connectivity index (χ1n) is 8.97. The van der Waals surface area contributed by atoms with Crippen molar-refractivity contribution in [1.29, 1.82) is 0 Å². The Morgan fingerprint density at radius 2 is 1.70 bits per heavy atom. The molecule has 0 aliphatic carbocycles. The Morgan fingerprint density at radius 1 is 1.07 bits per heavy atom. The number of halogens is 2. The highest BCUT2D eigenvalue weighted by atomic mass is 35.5. The van der Waals surface area contributed by atoms with E-state index < -0.39 is 15.6 Å². The molecule has 0 amide bonds. The van der Waals surface area contributed by atoms with Crippen molar-refractivity contribution in [3.05, 3.63) is 58.4 Å². The van der Waals surface area contributed by atoms with Crippen LogP contribution < -0.4 is 4.74 Å². The molecule has 3 aromatic rings. The third-order valence-electron chi connectivity index (χ3n) is 4.29. The Balaban J connectivity index is 1.99. The summed E-state index contributed by atoms with van der Waals surface area (Å²) in [6.45, 7) is 5.20. The summed E-state index contributed by atoms with van der Waals surface area (Å²) < 4.78 is 38.9. The molecule has 0 bridgehead atoms. The van der Waals surface area contributed by atoms with Crippen LogP contribution in [0.15, 0.2) is 51.9 Å². The summed E-state index contributed by atoms with van der Waals surface area (Å²) in [7, 11) is -2.60. The van der Waals surface area contributed by atoms with E-state index in [9.17, 15) is 8.42 Å². The molecule has 0 atom stereocenters. The van der Waals surface area contributed by atoms with Crippen LogP contribution in [0, 0.1) is 0 Å². The smallest absolute Gasteiger partial charge is 0.247 e. The van der Waals surface area contributed by atoms with Crippen LogP contribution >= 0.6 is 23.2 Å². The summed E-state index contributed by atoms with van der Waals surface area (Å²) in [4.78, 5) is 4.31. The molecule has 2 aromatic carbocycles. The van der Waals surface area contributed by atoms with Gasteiger partial charge in [-0.15, -0.1) is 0 Å². The largest absolute Gasteiger partial charge is 0.495 e. The van der Waals surface area contributed by atoms with E-state index in [1.54, 1.807) is 51.1 Å². The number of rotatable bonds is 6. The summed E-state index contributed by atoms with van der Waals surface area (Å²) in [5, 5.41) is 4.83. The van der Waals surface area contributed by atoms with Gasteiger partial charge in [0.05, 0.1) is 13.7 Å². The molecular formula is C20H21Cl2N3O4S. The molecule has 0 saturated carbocycles. The lowest BCUT2D eigenvalue weighted by Gasteiger charge is -2.33. The monoisotopic (exact) mass is 469 g/mol. The number of sulfonamides is 1. The van der Waals surface area contributed by atoms with E-state index in [0.717, 1.165) is 0 Å². The summed E-state index contributed by atoms with van der Waals surface area (Å²) >= 11 is 12.0. The number of benzene rings is 2. The Labute approximate surface area is 185 Å². The SMILES string of the molecule is COc1ccc(Cl)cc1S(=O)(=O)N(Cc1nc(-c2ccc(Cl)cc2)no1)C(C)(C)C. The van der Waals surface area contributed by atoms with Crippen molar-refractivity contribution >= 4 is 33.2 Å². The van der Waals surface area contributed by atoms with Crippen molar-refractivity contribution in [3.8, 4) is 17.1 Å². The number of hydrogen-bond donors (Lipinski definition) is 0. The highest BCUT2D eigenvalue weighted by Crippen LogP contribution is 2.34. The molecule has 30 heavy (non-hydrogen) atoms. The zero-order valence-electron chi connectivity index (χ0n) is 16.9. The molecule has 1 heterocycles. The number of hydrogen-bond acceptors (Lipinski definition) is 6. The average Bonchev–Trinajstić information content (AvgIpc) is 3.14. The van der Waals surface area contributed by atoms with Gasteiger partial charge in [-0.1, -0.05) is 28.4 Å². The lowest BCUT2D eigenvalue weighted by atomic mass is 10.1. The Morgan fingerprint density at radius 3 is 2.30 bits per heavy atom. The average molecular weight is 470 g/mol. The van der Waals surface area contributed by atoms with Crippen LogP contribution in [0.25, 0.3) is 11.4 Å². The molecule has 0 radical (unpaired) electrons. The van der Waals surface area contributed by atoms with Crippen molar-refractivity contribution in [2.75, 3.05) is 7.11 Å². The van der Waals surface area contributed by atoms with Crippen molar-refractivity contribution in [2.24, 2.45) is 0 Å². The topological polar surface area (TPSA) is 85.5 Å². The Hall–Kier alpha value is -2.13. The van der Waals surface area contributed by atoms with E-state index in [4.69, 9.17) is 32.5 Å². The summed E-state index contributed by atoms with van der Waals surface area (Å²) in [5.41, 5.74) is -0.0859. The third-order valence-corrected chi connectivity index (χ3v) is 6.91. The van der Waals surface area contributed by atoms with Crippen LogP contribution in [0.5, 0.6) is 5.75 Å². The summed E-state index contributed by atoms with van der Waals surface area (Å²) in [6.07, 6.45) is 0. The van der Waals surface area contributed by atoms with Gasteiger partial charge in [0.1, 0.15) is 10.6 Å². The normalized spacial score (nSPS) is 12.4. The van der Waals surface area contributed by atoms with Crippen LogP contribution in [-0.2, 0) is 16.6 Å². The molecule has 0 unspecified atom stereocenters. The van der Waals surface area contributed by atoms with Crippen molar-refractivity contribution in [3.63, 3.8) is 0 Å². The van der Waals surface area contributed by atoms with Crippen molar-refractivity contribution < 1.29 is 17.7 Å². The second kappa shape index (κ2) is 8.55. The molecule has 0 aliphatic rings. The van der Waals surface area contributed by atoms with Gasteiger partial charge in [0.2, 0.25) is 21.7 Å². The molecule has 0 N–H and O–H groups in total. The predicted molar refractivity (Wildman–Crippen MR) is 115 cm³/mol. The van der Waals surface area contributed by atoms with E-state index in [-0.39, 0.29) is 28.1 Å². The number of nitrogens with zero attached hydrogens (tertiary/aromatic N) is 3. The maximum Gasteiger partial charge on any atom is 0.247 e. The zero-order valence-corrected chi connectivity index (χ0v) is 19.2. The van der Waals surface area contributed by atoms with Crippen molar-refractivity contribution in [2.45, 2.75) is 37.8 Å². The highest BCUT2D eigenvalue weighted by Gasteiger charge is 2.37. The fourth-order valence-electron chi connectivity index (χ4n) is 2.81. The van der Waals surface area contributed by atoms with E-state index in [1.807, 2.05) is 0 Å². The molecule has 0 aliphatic heterocycles. The van der Waals surface area contributed by atoms with E-state index in [0.29, 0.717) is 16.4 Å². The van der Waals surface area contributed by atoms with Gasteiger partial charge in [-0.3, -0.25) is 0 Å². The third kappa shape index (κ3) is 4.78. The molecule has 3 rings (SSSR count). The second-order valence-corrected chi connectivity index (χ2v) is 10.2. The first-order chi connectivity index (χ1) is 14.0. The summed E-state index contributed by atoms with van der Waals surface area (Å²) in [6, 6.07) is 11.4. The van der Waals surface area contributed by atoms with E-state index >= 15 is 0 Å².